The van der Waals surface area contributed by atoms with E-state index in [2.05, 4.69) is 26.3 Å². The SMILES string of the molecule is O=c1[nH]c(CN(Cc2ccco2)Cc2cccs2)nc2cc(Cl)ccc12. The summed E-state index contributed by atoms with van der Waals surface area (Å²) in [6, 6.07) is 13.0. The zero-order chi connectivity index (χ0) is 17.9. The first-order valence-corrected chi connectivity index (χ1v) is 9.39. The predicted molar refractivity (Wildman–Crippen MR) is 103 cm³/mol. The van der Waals surface area contributed by atoms with Crippen molar-refractivity contribution in [3.05, 3.63) is 85.9 Å². The fraction of sp³-hybridized carbons (Fsp3) is 0.158. The highest BCUT2D eigenvalue weighted by Crippen LogP contribution is 2.18. The number of benzene rings is 1. The average Bonchev–Trinajstić information content (AvgIpc) is 3.28. The summed E-state index contributed by atoms with van der Waals surface area (Å²) in [6.07, 6.45) is 1.66. The van der Waals surface area contributed by atoms with Gasteiger partial charge in [-0.2, -0.15) is 0 Å². The second kappa shape index (κ2) is 7.45. The van der Waals surface area contributed by atoms with Gasteiger partial charge in [0.1, 0.15) is 11.6 Å². The molecule has 0 atom stereocenters. The predicted octanol–water partition coefficient (Wildman–Crippen LogP) is 4.43. The van der Waals surface area contributed by atoms with E-state index in [1.54, 1.807) is 35.8 Å². The molecule has 3 aromatic heterocycles. The number of H-pyrrole nitrogens is 1. The van der Waals surface area contributed by atoms with E-state index in [-0.39, 0.29) is 5.56 Å². The minimum absolute atomic E-state index is 0.157. The van der Waals surface area contributed by atoms with E-state index in [1.807, 2.05) is 18.2 Å². The maximum atomic E-state index is 12.4. The molecule has 0 fully saturated rings. The third-order valence-electron chi connectivity index (χ3n) is 4.01. The summed E-state index contributed by atoms with van der Waals surface area (Å²) in [5.41, 5.74) is 0.445. The van der Waals surface area contributed by atoms with Gasteiger partial charge in [0.25, 0.3) is 5.56 Å². The molecule has 5 nitrogen and oxygen atoms in total. The number of fused-ring (bicyclic) bond motifs is 1. The highest BCUT2D eigenvalue weighted by atomic mass is 35.5. The lowest BCUT2D eigenvalue weighted by Crippen LogP contribution is -2.25. The van der Waals surface area contributed by atoms with Crippen molar-refractivity contribution in [3.63, 3.8) is 0 Å². The van der Waals surface area contributed by atoms with Gasteiger partial charge in [-0.15, -0.1) is 11.3 Å². The van der Waals surface area contributed by atoms with E-state index in [9.17, 15) is 4.79 Å². The molecule has 0 saturated carbocycles. The fourth-order valence-corrected chi connectivity index (χ4v) is 3.77. The molecule has 0 bridgehead atoms. The van der Waals surface area contributed by atoms with Crippen LogP contribution in [-0.2, 0) is 19.6 Å². The van der Waals surface area contributed by atoms with Crippen LogP contribution in [0.2, 0.25) is 5.02 Å². The van der Waals surface area contributed by atoms with Crippen molar-refractivity contribution in [2.75, 3.05) is 0 Å². The number of nitrogens with one attached hydrogen (secondary N) is 1. The van der Waals surface area contributed by atoms with Crippen molar-refractivity contribution in [2.45, 2.75) is 19.6 Å². The molecular formula is C19H16ClN3O2S. The second-order valence-corrected chi connectivity index (χ2v) is 7.45. The van der Waals surface area contributed by atoms with Crippen molar-refractivity contribution in [1.29, 1.82) is 0 Å². The smallest absolute Gasteiger partial charge is 0.258 e. The molecule has 0 radical (unpaired) electrons. The van der Waals surface area contributed by atoms with Gasteiger partial charge in [-0.1, -0.05) is 17.7 Å². The van der Waals surface area contributed by atoms with Gasteiger partial charge in [-0.3, -0.25) is 9.69 Å². The molecule has 1 N–H and O–H groups in total. The standard InChI is InChI=1S/C19H16ClN3O2S/c20-13-5-6-16-17(9-13)21-18(22-19(16)24)12-23(10-14-3-1-7-25-14)11-15-4-2-8-26-15/h1-9H,10-12H2,(H,21,22,24). The quantitative estimate of drug-likeness (QED) is 0.533. The van der Waals surface area contributed by atoms with Gasteiger partial charge in [-0.05, 0) is 41.8 Å². The zero-order valence-corrected chi connectivity index (χ0v) is 15.4. The number of nitrogens with zero attached hydrogens (tertiary/aromatic N) is 2. The highest BCUT2D eigenvalue weighted by Gasteiger charge is 2.13. The molecule has 0 unspecified atom stereocenters. The van der Waals surface area contributed by atoms with Gasteiger partial charge >= 0.3 is 0 Å². The Balaban J connectivity index is 1.63. The molecule has 0 aliphatic heterocycles. The Hall–Kier alpha value is -2.41. The lowest BCUT2D eigenvalue weighted by Gasteiger charge is -2.20. The van der Waals surface area contributed by atoms with Crippen molar-refractivity contribution >= 4 is 33.8 Å². The van der Waals surface area contributed by atoms with Crippen molar-refractivity contribution < 1.29 is 4.42 Å². The van der Waals surface area contributed by atoms with Gasteiger partial charge in [0.05, 0.1) is 30.3 Å². The molecule has 7 heteroatoms. The summed E-state index contributed by atoms with van der Waals surface area (Å²) in [5.74, 6) is 1.47. The third-order valence-corrected chi connectivity index (χ3v) is 5.11. The van der Waals surface area contributed by atoms with Crippen LogP contribution in [0.25, 0.3) is 10.9 Å². The average molecular weight is 386 g/mol. The summed E-state index contributed by atoms with van der Waals surface area (Å²) in [5, 5.41) is 3.15. The van der Waals surface area contributed by atoms with Crippen LogP contribution in [0, 0.1) is 0 Å². The number of hydrogen-bond donors (Lipinski definition) is 1. The van der Waals surface area contributed by atoms with Crippen LogP contribution in [0.3, 0.4) is 0 Å². The molecular weight excluding hydrogens is 370 g/mol. The van der Waals surface area contributed by atoms with E-state index in [0.717, 1.165) is 12.3 Å². The van der Waals surface area contributed by atoms with Gasteiger partial charge < -0.3 is 9.40 Å². The number of aromatic nitrogens is 2. The minimum atomic E-state index is -0.157. The Morgan fingerprint density at radius 3 is 2.85 bits per heavy atom. The summed E-state index contributed by atoms with van der Waals surface area (Å²) in [6.45, 7) is 1.87. The zero-order valence-electron chi connectivity index (χ0n) is 13.8. The van der Waals surface area contributed by atoms with Crippen molar-refractivity contribution in [3.8, 4) is 0 Å². The molecule has 3 heterocycles. The van der Waals surface area contributed by atoms with Crippen molar-refractivity contribution in [1.82, 2.24) is 14.9 Å². The van der Waals surface area contributed by atoms with E-state index in [4.69, 9.17) is 16.0 Å². The monoisotopic (exact) mass is 385 g/mol. The molecule has 0 saturated heterocycles. The lowest BCUT2D eigenvalue weighted by atomic mass is 10.2. The summed E-state index contributed by atoms with van der Waals surface area (Å²) >= 11 is 7.75. The Morgan fingerprint density at radius 1 is 1.15 bits per heavy atom. The first-order valence-electron chi connectivity index (χ1n) is 8.13. The van der Waals surface area contributed by atoms with Crippen LogP contribution >= 0.6 is 22.9 Å². The Kier molecular flexibility index (Phi) is 4.88. The molecule has 26 heavy (non-hydrogen) atoms. The van der Waals surface area contributed by atoms with E-state index >= 15 is 0 Å². The molecule has 0 amide bonds. The van der Waals surface area contributed by atoms with E-state index < -0.39 is 0 Å². The normalized spacial score (nSPS) is 11.5. The topological polar surface area (TPSA) is 62.1 Å². The largest absolute Gasteiger partial charge is 0.468 e. The number of halogens is 1. The molecule has 0 aliphatic rings. The Morgan fingerprint density at radius 2 is 2.08 bits per heavy atom. The molecule has 132 valence electrons. The number of thiophene rings is 1. The highest BCUT2D eigenvalue weighted by molar-refractivity contribution is 7.09. The molecule has 4 aromatic rings. The summed E-state index contributed by atoms with van der Waals surface area (Å²) in [4.78, 5) is 23.2. The van der Waals surface area contributed by atoms with Gasteiger partial charge in [0, 0.05) is 16.4 Å². The third kappa shape index (κ3) is 3.88. The molecule has 4 rings (SSSR count). The van der Waals surface area contributed by atoms with Gasteiger partial charge in [-0.25, -0.2) is 4.98 Å². The summed E-state index contributed by atoms with van der Waals surface area (Å²) in [7, 11) is 0. The van der Waals surface area contributed by atoms with E-state index in [1.165, 1.54) is 4.88 Å². The molecule has 0 spiro atoms. The maximum Gasteiger partial charge on any atom is 0.258 e. The Labute approximate surface area is 158 Å². The van der Waals surface area contributed by atoms with Crippen LogP contribution in [0.4, 0.5) is 0 Å². The number of hydrogen-bond acceptors (Lipinski definition) is 5. The van der Waals surface area contributed by atoms with Crippen molar-refractivity contribution in [2.24, 2.45) is 0 Å². The summed E-state index contributed by atoms with van der Waals surface area (Å²) < 4.78 is 5.48. The van der Waals surface area contributed by atoms with Crippen LogP contribution < -0.4 is 5.56 Å². The minimum Gasteiger partial charge on any atom is -0.468 e. The number of aromatic amines is 1. The Bertz CT molecular complexity index is 1020. The van der Waals surface area contributed by atoms with Crippen LogP contribution in [-0.4, -0.2) is 14.9 Å². The molecule has 0 aliphatic carbocycles. The van der Waals surface area contributed by atoms with Gasteiger partial charge in [0.15, 0.2) is 0 Å². The second-order valence-electron chi connectivity index (χ2n) is 5.98. The maximum absolute atomic E-state index is 12.4. The van der Waals surface area contributed by atoms with Crippen LogP contribution in [0.15, 0.2) is 63.3 Å². The lowest BCUT2D eigenvalue weighted by molar-refractivity contribution is 0.223. The first kappa shape index (κ1) is 17.0. The van der Waals surface area contributed by atoms with Gasteiger partial charge in [0.2, 0.25) is 0 Å². The first-order chi connectivity index (χ1) is 12.7. The van der Waals surface area contributed by atoms with Crippen LogP contribution in [0.1, 0.15) is 16.5 Å². The number of rotatable bonds is 6. The van der Waals surface area contributed by atoms with Crippen LogP contribution in [0.5, 0.6) is 0 Å². The van der Waals surface area contributed by atoms with E-state index in [0.29, 0.717) is 34.8 Å². The fourth-order valence-electron chi connectivity index (χ4n) is 2.86. The molecule has 1 aromatic carbocycles. The number of furan rings is 1.